The van der Waals surface area contributed by atoms with Gasteiger partial charge in [0.15, 0.2) is 5.76 Å². The zero-order chi connectivity index (χ0) is 26.4. The molecule has 0 fully saturated rings. The molecule has 2 aliphatic rings. The average molecular weight is 510 g/mol. The van der Waals surface area contributed by atoms with Crippen molar-refractivity contribution in [1.82, 2.24) is 20.2 Å². The molecule has 2 aromatic carbocycles. The van der Waals surface area contributed by atoms with Crippen LogP contribution in [-0.4, -0.2) is 46.3 Å². The topological polar surface area (TPSA) is 120 Å². The molecule has 2 amide bonds. The lowest BCUT2D eigenvalue weighted by atomic mass is 9.92. The average Bonchev–Trinajstić information content (AvgIpc) is 3.55. The number of fused-ring (bicyclic) bond motifs is 3. The monoisotopic (exact) mass is 509 g/mol. The van der Waals surface area contributed by atoms with E-state index < -0.39 is 6.04 Å². The Hall–Kier alpha value is -4.66. The zero-order valence-electron chi connectivity index (χ0n) is 21.1. The zero-order valence-corrected chi connectivity index (χ0v) is 21.1. The number of aryl methyl sites for hydroxylation is 1. The predicted molar refractivity (Wildman–Crippen MR) is 144 cm³/mol. The fourth-order valence-corrected chi connectivity index (χ4v) is 5.41. The standard InChI is InChI=1S/C29H27N5O4/c1-16-27(35)33-23-8-7-20(12-24(23)32-16)31-14-18-9-10-38-26(18)29(37)34-15-19-11-17-5-3-4-6-21(17)22(19)13-25(34)28(36)30-2/h3-10,12,25,31H,11,13-15H2,1-2H3,(H,30,36)(H,33,35)/t25-/m1/s1. The van der Waals surface area contributed by atoms with Crippen LogP contribution >= 0.6 is 0 Å². The molecule has 0 radical (unpaired) electrons. The molecule has 1 aliphatic carbocycles. The molecule has 1 aliphatic heterocycles. The van der Waals surface area contributed by atoms with Crippen molar-refractivity contribution in [1.29, 1.82) is 0 Å². The third-order valence-electron chi connectivity index (χ3n) is 7.40. The van der Waals surface area contributed by atoms with Gasteiger partial charge in [0.1, 0.15) is 11.7 Å². The lowest BCUT2D eigenvalue weighted by Gasteiger charge is -2.35. The molecule has 9 nitrogen and oxygen atoms in total. The first-order chi connectivity index (χ1) is 18.4. The first-order valence-electron chi connectivity index (χ1n) is 12.6. The summed E-state index contributed by atoms with van der Waals surface area (Å²) in [6.45, 7) is 2.38. The number of H-pyrrole nitrogens is 1. The van der Waals surface area contributed by atoms with E-state index in [2.05, 4.69) is 32.7 Å². The summed E-state index contributed by atoms with van der Waals surface area (Å²) in [7, 11) is 1.59. The van der Waals surface area contributed by atoms with Crippen molar-refractivity contribution in [2.75, 3.05) is 18.9 Å². The highest BCUT2D eigenvalue weighted by molar-refractivity contribution is 5.99. The molecule has 2 aromatic heterocycles. The fraction of sp³-hybridized carbons (Fsp3) is 0.241. The van der Waals surface area contributed by atoms with E-state index >= 15 is 0 Å². The number of hydrogen-bond acceptors (Lipinski definition) is 6. The molecule has 3 N–H and O–H groups in total. The third-order valence-corrected chi connectivity index (χ3v) is 7.40. The van der Waals surface area contributed by atoms with Crippen LogP contribution in [0.3, 0.4) is 0 Å². The van der Waals surface area contributed by atoms with Crippen molar-refractivity contribution in [3.05, 3.63) is 98.9 Å². The maximum absolute atomic E-state index is 13.8. The van der Waals surface area contributed by atoms with E-state index in [9.17, 15) is 14.4 Å². The van der Waals surface area contributed by atoms with Crippen LogP contribution in [0.1, 0.15) is 39.4 Å². The highest BCUT2D eigenvalue weighted by atomic mass is 16.3. The molecule has 38 heavy (non-hydrogen) atoms. The predicted octanol–water partition coefficient (Wildman–Crippen LogP) is 3.41. The molecule has 0 unspecified atom stereocenters. The molecule has 3 heterocycles. The van der Waals surface area contributed by atoms with E-state index in [0.29, 0.717) is 41.8 Å². The number of aromatic amines is 1. The maximum atomic E-state index is 13.8. The van der Waals surface area contributed by atoms with E-state index in [1.165, 1.54) is 28.5 Å². The normalized spacial score (nSPS) is 16.4. The Labute approximate surface area is 218 Å². The van der Waals surface area contributed by atoms with Crippen LogP contribution in [0, 0.1) is 6.92 Å². The van der Waals surface area contributed by atoms with Gasteiger partial charge < -0.3 is 24.9 Å². The van der Waals surface area contributed by atoms with Gasteiger partial charge in [0, 0.05) is 37.8 Å². The summed E-state index contributed by atoms with van der Waals surface area (Å²) >= 11 is 0. The lowest BCUT2D eigenvalue weighted by molar-refractivity contribution is -0.125. The Kier molecular flexibility index (Phi) is 5.83. The number of carbonyl (C=O) groups excluding carboxylic acids is 2. The molecule has 192 valence electrons. The number of aromatic nitrogens is 2. The number of nitrogens with zero attached hydrogens (tertiary/aromatic N) is 2. The van der Waals surface area contributed by atoms with Crippen molar-refractivity contribution in [3.8, 4) is 0 Å². The number of carbonyl (C=O) groups is 2. The third kappa shape index (κ3) is 4.06. The first kappa shape index (κ1) is 23.7. The van der Waals surface area contributed by atoms with Gasteiger partial charge in [-0.3, -0.25) is 14.4 Å². The fourth-order valence-electron chi connectivity index (χ4n) is 5.41. The molecule has 6 rings (SSSR count). The maximum Gasteiger partial charge on any atom is 0.290 e. The second kappa shape index (κ2) is 9.33. The summed E-state index contributed by atoms with van der Waals surface area (Å²) < 4.78 is 5.67. The molecule has 0 saturated heterocycles. The molecule has 0 bridgehead atoms. The van der Waals surface area contributed by atoms with Crippen molar-refractivity contribution >= 4 is 34.1 Å². The van der Waals surface area contributed by atoms with Gasteiger partial charge in [-0.15, -0.1) is 0 Å². The van der Waals surface area contributed by atoms with E-state index in [0.717, 1.165) is 12.1 Å². The SMILES string of the molecule is CNC(=O)[C@H]1CC2=C(Cc3ccccc32)CN1C(=O)c1occc1CNc1ccc2[nH]c(=O)c(C)nc2c1. The summed E-state index contributed by atoms with van der Waals surface area (Å²) in [5, 5.41) is 6.04. The number of rotatable bonds is 5. The van der Waals surface area contributed by atoms with Gasteiger partial charge >= 0.3 is 0 Å². The Balaban J connectivity index is 1.24. The number of hydrogen-bond donors (Lipinski definition) is 3. The van der Waals surface area contributed by atoms with Gasteiger partial charge in [0.2, 0.25) is 5.91 Å². The van der Waals surface area contributed by atoms with E-state index in [4.69, 9.17) is 4.42 Å². The minimum absolute atomic E-state index is 0.197. The lowest BCUT2D eigenvalue weighted by Crippen LogP contribution is -2.51. The highest BCUT2D eigenvalue weighted by Crippen LogP contribution is 2.40. The van der Waals surface area contributed by atoms with Gasteiger partial charge in [0.05, 0.1) is 17.3 Å². The largest absolute Gasteiger partial charge is 0.459 e. The van der Waals surface area contributed by atoms with E-state index in [1.54, 1.807) is 31.0 Å². The van der Waals surface area contributed by atoms with Gasteiger partial charge in [-0.1, -0.05) is 24.3 Å². The molecular formula is C29H27N5O4. The van der Waals surface area contributed by atoms with Crippen LogP contribution < -0.4 is 16.2 Å². The highest BCUT2D eigenvalue weighted by Gasteiger charge is 2.39. The first-order valence-corrected chi connectivity index (χ1v) is 12.6. The van der Waals surface area contributed by atoms with Gasteiger partial charge in [0.25, 0.3) is 11.5 Å². The summed E-state index contributed by atoms with van der Waals surface area (Å²) in [6, 6.07) is 14.8. The smallest absolute Gasteiger partial charge is 0.290 e. The quantitative estimate of drug-likeness (QED) is 0.379. The molecule has 9 heteroatoms. The molecule has 0 spiro atoms. The second-order valence-corrected chi connectivity index (χ2v) is 9.70. The number of furan rings is 1. The van der Waals surface area contributed by atoms with Crippen LogP contribution in [-0.2, 0) is 17.8 Å². The van der Waals surface area contributed by atoms with Gasteiger partial charge in [-0.05, 0) is 59.9 Å². The van der Waals surface area contributed by atoms with E-state index in [-0.39, 0.29) is 23.1 Å². The number of amides is 2. The minimum atomic E-state index is -0.625. The number of anilines is 1. The van der Waals surface area contributed by atoms with Crippen LogP contribution in [0.4, 0.5) is 5.69 Å². The van der Waals surface area contributed by atoms with Crippen molar-refractivity contribution in [2.24, 2.45) is 0 Å². The van der Waals surface area contributed by atoms with Gasteiger partial charge in [-0.2, -0.15) is 0 Å². The Morgan fingerprint density at radius 2 is 2.03 bits per heavy atom. The molecule has 1 atom stereocenters. The number of likely N-dealkylation sites (N-methyl/N-ethyl adjacent to an activating group) is 1. The van der Waals surface area contributed by atoms with Crippen LogP contribution in [0.25, 0.3) is 16.6 Å². The number of benzene rings is 2. The minimum Gasteiger partial charge on any atom is -0.459 e. The molecule has 4 aromatic rings. The Morgan fingerprint density at radius 1 is 1.18 bits per heavy atom. The van der Waals surface area contributed by atoms with Crippen molar-refractivity contribution in [2.45, 2.75) is 32.4 Å². The second-order valence-electron chi connectivity index (χ2n) is 9.70. The Morgan fingerprint density at radius 3 is 2.87 bits per heavy atom. The summed E-state index contributed by atoms with van der Waals surface area (Å²) in [4.78, 5) is 47.3. The van der Waals surface area contributed by atoms with Crippen LogP contribution in [0.5, 0.6) is 0 Å². The summed E-state index contributed by atoms with van der Waals surface area (Å²) in [6.07, 6.45) is 2.75. The van der Waals surface area contributed by atoms with Crippen LogP contribution in [0.15, 0.2) is 69.6 Å². The summed E-state index contributed by atoms with van der Waals surface area (Å²) in [5.74, 6) is -0.293. The van der Waals surface area contributed by atoms with Gasteiger partial charge in [-0.25, -0.2) is 4.98 Å². The van der Waals surface area contributed by atoms with Crippen LogP contribution in [0.2, 0.25) is 0 Å². The van der Waals surface area contributed by atoms with Crippen molar-refractivity contribution < 1.29 is 14.0 Å². The molecule has 0 saturated carbocycles. The Bertz CT molecular complexity index is 1680. The molecular weight excluding hydrogens is 482 g/mol. The summed E-state index contributed by atoms with van der Waals surface area (Å²) in [5.41, 5.74) is 7.72. The van der Waals surface area contributed by atoms with Crippen molar-refractivity contribution in [3.63, 3.8) is 0 Å². The number of nitrogens with one attached hydrogen (secondary N) is 3. The van der Waals surface area contributed by atoms with E-state index in [1.807, 2.05) is 24.3 Å².